The monoisotopic (exact) mass is 428 g/mol. The maximum absolute atomic E-state index is 12.6. The molecular formula is C21H20N2O4S2. The minimum absolute atomic E-state index is 0.0592. The smallest absolute Gasteiger partial charge is 0.266 e. The molecule has 0 bridgehead atoms. The van der Waals surface area contributed by atoms with Crippen LogP contribution < -0.4 is 5.32 Å². The van der Waals surface area contributed by atoms with Crippen molar-refractivity contribution in [3.8, 4) is 11.5 Å². The first kappa shape index (κ1) is 20.9. The van der Waals surface area contributed by atoms with Gasteiger partial charge in [0.05, 0.1) is 4.91 Å². The number of aromatic hydroxyl groups is 2. The van der Waals surface area contributed by atoms with E-state index in [1.54, 1.807) is 0 Å². The Morgan fingerprint density at radius 2 is 1.93 bits per heavy atom. The van der Waals surface area contributed by atoms with Gasteiger partial charge in [-0.1, -0.05) is 41.7 Å². The van der Waals surface area contributed by atoms with E-state index in [2.05, 4.69) is 5.32 Å². The predicted octanol–water partition coefficient (Wildman–Crippen LogP) is 4.03. The molecule has 29 heavy (non-hydrogen) atoms. The standard InChI is InChI=1S/C21H20N2O4S2/c1-13-4-7-15(8-5-13)22-19(26)3-2-10-23-20(27)18(29-21(23)28)11-14-6-9-16(24)12-17(14)25/h4-9,11-12,24-25H,2-3,10H2,1H3,(H,22,26)/b18-11-. The number of hydrogen-bond acceptors (Lipinski definition) is 6. The van der Waals surface area contributed by atoms with Crippen molar-refractivity contribution in [2.75, 3.05) is 11.9 Å². The van der Waals surface area contributed by atoms with Gasteiger partial charge in [-0.05, 0) is 43.7 Å². The molecule has 1 fully saturated rings. The van der Waals surface area contributed by atoms with Crippen LogP contribution in [0.25, 0.3) is 6.08 Å². The van der Waals surface area contributed by atoms with E-state index in [1.807, 2.05) is 31.2 Å². The first-order valence-corrected chi connectivity index (χ1v) is 10.2. The largest absolute Gasteiger partial charge is 0.508 e. The molecular weight excluding hydrogens is 408 g/mol. The maximum atomic E-state index is 12.6. The van der Waals surface area contributed by atoms with Gasteiger partial charge in [0.2, 0.25) is 5.91 Å². The number of anilines is 1. The molecule has 0 radical (unpaired) electrons. The van der Waals surface area contributed by atoms with Crippen LogP contribution in [0.5, 0.6) is 11.5 Å². The van der Waals surface area contributed by atoms with Crippen LogP contribution >= 0.6 is 24.0 Å². The number of rotatable bonds is 6. The molecule has 2 aromatic rings. The fraction of sp³-hybridized carbons (Fsp3) is 0.190. The Labute approximate surface area is 178 Å². The van der Waals surface area contributed by atoms with E-state index in [-0.39, 0.29) is 29.7 Å². The predicted molar refractivity (Wildman–Crippen MR) is 119 cm³/mol. The van der Waals surface area contributed by atoms with E-state index < -0.39 is 0 Å². The first-order valence-electron chi connectivity index (χ1n) is 8.97. The lowest BCUT2D eigenvalue weighted by molar-refractivity contribution is -0.122. The lowest BCUT2D eigenvalue weighted by atomic mass is 10.1. The zero-order chi connectivity index (χ0) is 21.0. The Morgan fingerprint density at radius 3 is 2.62 bits per heavy atom. The van der Waals surface area contributed by atoms with Crippen LogP contribution in [0, 0.1) is 6.92 Å². The van der Waals surface area contributed by atoms with Gasteiger partial charge in [-0.15, -0.1) is 0 Å². The topological polar surface area (TPSA) is 89.9 Å². The summed E-state index contributed by atoms with van der Waals surface area (Å²) in [5.41, 5.74) is 2.27. The van der Waals surface area contributed by atoms with Crippen molar-refractivity contribution in [3.05, 3.63) is 58.5 Å². The molecule has 2 aromatic carbocycles. The number of carbonyl (C=O) groups excluding carboxylic acids is 2. The number of carbonyl (C=O) groups is 2. The van der Waals surface area contributed by atoms with E-state index in [0.717, 1.165) is 23.0 Å². The summed E-state index contributed by atoms with van der Waals surface area (Å²) in [5, 5.41) is 22.1. The fourth-order valence-electron chi connectivity index (χ4n) is 2.75. The SMILES string of the molecule is Cc1ccc(NC(=O)CCCN2C(=O)/C(=C/c3ccc(O)cc3O)SC2=S)cc1. The van der Waals surface area contributed by atoms with E-state index in [1.165, 1.54) is 29.2 Å². The van der Waals surface area contributed by atoms with Gasteiger partial charge in [-0.3, -0.25) is 14.5 Å². The van der Waals surface area contributed by atoms with Crippen LogP contribution in [0.3, 0.4) is 0 Å². The highest BCUT2D eigenvalue weighted by molar-refractivity contribution is 8.26. The molecule has 3 N–H and O–H groups in total. The van der Waals surface area contributed by atoms with E-state index in [9.17, 15) is 19.8 Å². The van der Waals surface area contributed by atoms with Gasteiger partial charge < -0.3 is 15.5 Å². The highest BCUT2D eigenvalue weighted by atomic mass is 32.2. The molecule has 1 heterocycles. The van der Waals surface area contributed by atoms with Crippen molar-refractivity contribution in [2.45, 2.75) is 19.8 Å². The van der Waals surface area contributed by atoms with Crippen molar-refractivity contribution in [1.82, 2.24) is 4.90 Å². The normalized spacial score (nSPS) is 15.2. The van der Waals surface area contributed by atoms with E-state index in [4.69, 9.17) is 12.2 Å². The highest BCUT2D eigenvalue weighted by Gasteiger charge is 2.31. The summed E-state index contributed by atoms with van der Waals surface area (Å²) < 4.78 is 0.415. The number of phenols is 2. The first-order chi connectivity index (χ1) is 13.8. The van der Waals surface area contributed by atoms with Crippen molar-refractivity contribution < 1.29 is 19.8 Å². The van der Waals surface area contributed by atoms with E-state index in [0.29, 0.717) is 27.8 Å². The number of nitrogens with one attached hydrogen (secondary N) is 1. The van der Waals surface area contributed by atoms with Crippen LogP contribution in [0.1, 0.15) is 24.0 Å². The van der Waals surface area contributed by atoms with Gasteiger partial charge in [0, 0.05) is 30.3 Å². The van der Waals surface area contributed by atoms with Gasteiger partial charge >= 0.3 is 0 Å². The second-order valence-corrected chi connectivity index (χ2v) is 8.27. The lowest BCUT2D eigenvalue weighted by Gasteiger charge is -2.14. The number of nitrogens with zero attached hydrogens (tertiary/aromatic N) is 1. The Bertz CT molecular complexity index is 987. The molecule has 8 heteroatoms. The van der Waals surface area contributed by atoms with Crippen LogP contribution in [-0.4, -0.2) is 37.8 Å². The third kappa shape index (κ3) is 5.36. The summed E-state index contributed by atoms with van der Waals surface area (Å²) in [4.78, 5) is 26.6. The summed E-state index contributed by atoms with van der Waals surface area (Å²) in [6.07, 6.45) is 2.28. The summed E-state index contributed by atoms with van der Waals surface area (Å²) in [5.74, 6) is -0.561. The van der Waals surface area contributed by atoms with Crippen molar-refractivity contribution in [3.63, 3.8) is 0 Å². The Morgan fingerprint density at radius 1 is 1.21 bits per heavy atom. The third-order valence-corrected chi connectivity index (χ3v) is 5.67. The fourth-order valence-corrected chi connectivity index (χ4v) is 4.05. The molecule has 6 nitrogen and oxygen atoms in total. The average Bonchev–Trinajstić information content (AvgIpc) is 2.93. The second-order valence-electron chi connectivity index (χ2n) is 6.59. The van der Waals surface area contributed by atoms with Gasteiger partial charge in [-0.2, -0.15) is 0 Å². The molecule has 1 aliphatic rings. The number of hydrogen-bond donors (Lipinski definition) is 3. The molecule has 1 aliphatic heterocycles. The number of aryl methyl sites for hydroxylation is 1. The molecule has 150 valence electrons. The zero-order valence-electron chi connectivity index (χ0n) is 15.7. The van der Waals surface area contributed by atoms with Gasteiger partial charge in [0.1, 0.15) is 15.8 Å². The minimum Gasteiger partial charge on any atom is -0.508 e. The Hall–Kier alpha value is -2.84. The number of thioether (sulfide) groups is 1. The summed E-state index contributed by atoms with van der Waals surface area (Å²) in [7, 11) is 0. The zero-order valence-corrected chi connectivity index (χ0v) is 17.3. The molecule has 0 aliphatic carbocycles. The van der Waals surface area contributed by atoms with Crippen molar-refractivity contribution in [2.24, 2.45) is 0 Å². The number of amides is 2. The summed E-state index contributed by atoms with van der Waals surface area (Å²) in [6, 6.07) is 11.7. The van der Waals surface area contributed by atoms with E-state index >= 15 is 0 Å². The third-order valence-electron chi connectivity index (χ3n) is 4.30. The van der Waals surface area contributed by atoms with Gasteiger partial charge in [0.25, 0.3) is 5.91 Å². The van der Waals surface area contributed by atoms with Gasteiger partial charge in [-0.25, -0.2) is 0 Å². The summed E-state index contributed by atoms with van der Waals surface area (Å²) in [6.45, 7) is 2.32. The Balaban J connectivity index is 1.55. The van der Waals surface area contributed by atoms with Crippen LogP contribution in [-0.2, 0) is 9.59 Å². The number of thiocarbonyl (C=S) groups is 1. The molecule has 2 amide bonds. The lowest BCUT2D eigenvalue weighted by Crippen LogP contribution is -2.29. The quantitative estimate of drug-likeness (QED) is 0.476. The molecule has 0 aromatic heterocycles. The van der Waals surface area contributed by atoms with Crippen LogP contribution in [0.2, 0.25) is 0 Å². The molecule has 1 saturated heterocycles. The van der Waals surface area contributed by atoms with Crippen LogP contribution in [0.15, 0.2) is 47.4 Å². The molecule has 0 atom stereocenters. The Kier molecular flexibility index (Phi) is 6.56. The molecule has 0 unspecified atom stereocenters. The summed E-state index contributed by atoms with van der Waals surface area (Å²) >= 11 is 6.43. The number of benzene rings is 2. The molecule has 0 saturated carbocycles. The van der Waals surface area contributed by atoms with Crippen LogP contribution in [0.4, 0.5) is 5.69 Å². The second kappa shape index (κ2) is 9.11. The molecule has 0 spiro atoms. The maximum Gasteiger partial charge on any atom is 0.266 e. The van der Waals surface area contributed by atoms with Gasteiger partial charge in [0.15, 0.2) is 0 Å². The van der Waals surface area contributed by atoms with Crippen molar-refractivity contribution in [1.29, 1.82) is 0 Å². The minimum atomic E-state index is -0.258. The van der Waals surface area contributed by atoms with Crippen molar-refractivity contribution >= 4 is 51.9 Å². The molecule has 3 rings (SSSR count). The highest BCUT2D eigenvalue weighted by Crippen LogP contribution is 2.34. The average molecular weight is 429 g/mol. The number of phenolic OH excluding ortho intramolecular Hbond substituents is 2.